The van der Waals surface area contributed by atoms with Gasteiger partial charge in [-0.15, -0.1) is 0 Å². The molecule has 9 heteroatoms. The number of hydrogen-bond donors (Lipinski definition) is 0. The van der Waals surface area contributed by atoms with Gasteiger partial charge >= 0.3 is 0 Å². The Hall–Kier alpha value is -4.03. The topological polar surface area (TPSA) is 107 Å². The number of aromatic nitrogens is 1. The number of carbonyl (C=O) groups excluding carboxylic acids is 1. The normalized spacial score (nSPS) is 19.1. The van der Waals surface area contributed by atoms with E-state index in [1.165, 1.54) is 12.1 Å². The molecule has 0 bridgehead atoms. The molecule has 2 aliphatic heterocycles. The Labute approximate surface area is 190 Å². The van der Waals surface area contributed by atoms with Gasteiger partial charge in [-0.3, -0.25) is 19.8 Å². The maximum Gasteiger partial charge on any atom is 0.270 e. The van der Waals surface area contributed by atoms with Crippen molar-refractivity contribution in [2.75, 3.05) is 42.5 Å². The number of carbonyl (C=O) groups is 1. The molecule has 3 aromatic rings. The fourth-order valence-electron chi connectivity index (χ4n) is 4.70. The van der Waals surface area contributed by atoms with Crippen LogP contribution >= 0.6 is 0 Å². The Morgan fingerprint density at radius 1 is 1.03 bits per heavy atom. The minimum Gasteiger partial charge on any atom is -0.354 e. The molecule has 1 unspecified atom stereocenters. The molecule has 3 heterocycles. The Kier molecular flexibility index (Phi) is 5.36. The summed E-state index contributed by atoms with van der Waals surface area (Å²) in [4.78, 5) is 34.5. The molecule has 2 saturated heterocycles. The molecular weight excluding hydrogens is 420 g/mol. The first kappa shape index (κ1) is 20.8. The first-order valence-electron chi connectivity index (χ1n) is 10.9. The molecule has 2 aromatic carbocycles. The molecule has 0 N–H and O–H groups in total. The highest BCUT2D eigenvalue weighted by Gasteiger charge is 2.37. The van der Waals surface area contributed by atoms with Gasteiger partial charge in [0.25, 0.3) is 5.69 Å². The van der Waals surface area contributed by atoms with Gasteiger partial charge in [-0.1, -0.05) is 18.2 Å². The van der Waals surface area contributed by atoms with Crippen molar-refractivity contribution in [1.82, 2.24) is 9.88 Å². The number of nitrogens with zero attached hydrogens (tertiary/aromatic N) is 6. The van der Waals surface area contributed by atoms with E-state index in [0.29, 0.717) is 35.4 Å². The summed E-state index contributed by atoms with van der Waals surface area (Å²) in [6.45, 7) is 3.54. The summed E-state index contributed by atoms with van der Waals surface area (Å²) in [5.41, 5.74) is 1.80. The van der Waals surface area contributed by atoms with Gasteiger partial charge in [-0.05, 0) is 30.7 Å². The van der Waals surface area contributed by atoms with Crippen molar-refractivity contribution in [2.45, 2.75) is 12.5 Å². The summed E-state index contributed by atoms with van der Waals surface area (Å²) >= 11 is 0. The summed E-state index contributed by atoms with van der Waals surface area (Å²) < 4.78 is 0. The number of nitro benzene ring substituents is 1. The van der Waals surface area contributed by atoms with E-state index >= 15 is 0 Å². The summed E-state index contributed by atoms with van der Waals surface area (Å²) in [7, 11) is 0. The van der Waals surface area contributed by atoms with Crippen LogP contribution in [0.4, 0.5) is 17.2 Å². The monoisotopic (exact) mass is 442 g/mol. The molecule has 2 fully saturated rings. The van der Waals surface area contributed by atoms with Crippen molar-refractivity contribution < 1.29 is 9.72 Å². The van der Waals surface area contributed by atoms with Crippen LogP contribution < -0.4 is 9.80 Å². The van der Waals surface area contributed by atoms with E-state index in [2.05, 4.69) is 20.9 Å². The van der Waals surface area contributed by atoms with Crippen LogP contribution in [0, 0.1) is 21.4 Å². The van der Waals surface area contributed by atoms with E-state index in [9.17, 15) is 20.2 Å². The number of fused-ring (bicyclic) bond motifs is 1. The SMILES string of the molecule is N#Cc1cc(N2CCN(C3CCN(c4ccccc4)C3=O)CC2)nc2ccc([N+](=O)[O-])cc12. The smallest absolute Gasteiger partial charge is 0.270 e. The van der Waals surface area contributed by atoms with Crippen molar-refractivity contribution in [3.05, 3.63) is 70.3 Å². The number of rotatable bonds is 4. The fourth-order valence-corrected chi connectivity index (χ4v) is 4.70. The third-order valence-corrected chi connectivity index (χ3v) is 6.43. The first-order chi connectivity index (χ1) is 16.0. The van der Waals surface area contributed by atoms with Crippen LogP contribution in [0.3, 0.4) is 0 Å². The summed E-state index contributed by atoms with van der Waals surface area (Å²) in [5.74, 6) is 0.822. The third kappa shape index (κ3) is 3.85. The first-order valence-corrected chi connectivity index (χ1v) is 10.9. The Balaban J connectivity index is 1.30. The van der Waals surface area contributed by atoms with Crippen molar-refractivity contribution in [2.24, 2.45) is 0 Å². The lowest BCUT2D eigenvalue weighted by molar-refractivity contribution is -0.384. The van der Waals surface area contributed by atoms with Crippen LogP contribution in [0.15, 0.2) is 54.6 Å². The van der Waals surface area contributed by atoms with E-state index in [1.807, 2.05) is 35.2 Å². The van der Waals surface area contributed by atoms with Gasteiger partial charge in [0, 0.05) is 55.9 Å². The quantitative estimate of drug-likeness (QED) is 0.452. The Bertz CT molecular complexity index is 1260. The average Bonchev–Trinajstić information content (AvgIpc) is 3.24. The number of benzene rings is 2. The number of non-ortho nitro benzene ring substituents is 1. The van der Waals surface area contributed by atoms with Crippen LogP contribution in [0.5, 0.6) is 0 Å². The molecule has 1 atom stereocenters. The molecule has 166 valence electrons. The number of pyridine rings is 1. The fraction of sp³-hybridized carbons (Fsp3) is 0.292. The number of piperazine rings is 1. The molecule has 2 aliphatic rings. The van der Waals surface area contributed by atoms with Crippen molar-refractivity contribution in [3.8, 4) is 6.07 Å². The van der Waals surface area contributed by atoms with Crippen molar-refractivity contribution in [3.63, 3.8) is 0 Å². The van der Waals surface area contributed by atoms with Gasteiger partial charge in [0.2, 0.25) is 5.91 Å². The average molecular weight is 442 g/mol. The van der Waals surface area contributed by atoms with Gasteiger partial charge in [0.15, 0.2) is 0 Å². The molecule has 0 aliphatic carbocycles. The maximum atomic E-state index is 13.0. The molecule has 5 rings (SSSR count). The van der Waals surface area contributed by atoms with E-state index in [4.69, 9.17) is 0 Å². The van der Waals surface area contributed by atoms with E-state index in [0.717, 1.165) is 31.7 Å². The second-order valence-corrected chi connectivity index (χ2v) is 8.25. The van der Waals surface area contributed by atoms with Crippen LogP contribution in [0.1, 0.15) is 12.0 Å². The number of nitro groups is 1. The second kappa shape index (κ2) is 8.48. The van der Waals surface area contributed by atoms with Crippen LogP contribution in [0.25, 0.3) is 10.9 Å². The standard InChI is InChI=1S/C24H22N6O3/c25-16-17-14-23(26-21-7-6-19(30(32)33)15-20(17)21)28-12-10-27(11-13-28)22-8-9-29(24(22)31)18-4-2-1-3-5-18/h1-7,14-15,22H,8-13H2. The molecule has 33 heavy (non-hydrogen) atoms. The highest BCUT2D eigenvalue weighted by molar-refractivity contribution is 5.99. The third-order valence-electron chi connectivity index (χ3n) is 6.43. The lowest BCUT2D eigenvalue weighted by Crippen LogP contribution is -2.52. The van der Waals surface area contributed by atoms with Crippen molar-refractivity contribution >= 4 is 34.0 Å². The Morgan fingerprint density at radius 2 is 1.79 bits per heavy atom. The lowest BCUT2D eigenvalue weighted by atomic mass is 10.1. The van der Waals surface area contributed by atoms with E-state index in [1.54, 1.807) is 12.1 Å². The minimum absolute atomic E-state index is 0.0621. The second-order valence-electron chi connectivity index (χ2n) is 8.25. The largest absolute Gasteiger partial charge is 0.354 e. The van der Waals surface area contributed by atoms with Crippen LogP contribution in [-0.4, -0.2) is 59.5 Å². The van der Waals surface area contributed by atoms with Gasteiger partial charge in [-0.2, -0.15) is 5.26 Å². The summed E-state index contributed by atoms with van der Waals surface area (Å²) in [6, 6.07) is 17.9. The molecule has 0 radical (unpaired) electrons. The number of amides is 1. The molecular formula is C24H22N6O3. The van der Waals surface area contributed by atoms with Gasteiger partial charge in [0.1, 0.15) is 5.82 Å². The summed E-state index contributed by atoms with van der Waals surface area (Å²) in [6.07, 6.45) is 0.805. The number of anilines is 2. The molecule has 1 aromatic heterocycles. The zero-order chi connectivity index (χ0) is 22.9. The highest BCUT2D eigenvalue weighted by atomic mass is 16.6. The van der Waals surface area contributed by atoms with E-state index < -0.39 is 4.92 Å². The zero-order valence-corrected chi connectivity index (χ0v) is 17.9. The predicted octanol–water partition coefficient (Wildman–Crippen LogP) is 2.94. The Morgan fingerprint density at radius 3 is 2.48 bits per heavy atom. The lowest BCUT2D eigenvalue weighted by Gasteiger charge is -2.38. The maximum absolute atomic E-state index is 13.0. The number of para-hydroxylation sites is 1. The van der Waals surface area contributed by atoms with Gasteiger partial charge in [0.05, 0.1) is 28.1 Å². The minimum atomic E-state index is -0.475. The highest BCUT2D eigenvalue weighted by Crippen LogP contribution is 2.28. The summed E-state index contributed by atoms with van der Waals surface area (Å²) in [5, 5.41) is 21.2. The predicted molar refractivity (Wildman–Crippen MR) is 124 cm³/mol. The van der Waals surface area contributed by atoms with Crippen LogP contribution in [0.2, 0.25) is 0 Å². The van der Waals surface area contributed by atoms with Gasteiger partial charge in [-0.25, -0.2) is 4.98 Å². The molecule has 0 spiro atoms. The van der Waals surface area contributed by atoms with Crippen LogP contribution in [-0.2, 0) is 4.79 Å². The number of hydrogen-bond acceptors (Lipinski definition) is 7. The zero-order valence-electron chi connectivity index (χ0n) is 17.9. The molecule has 0 saturated carbocycles. The van der Waals surface area contributed by atoms with E-state index in [-0.39, 0.29) is 17.6 Å². The van der Waals surface area contributed by atoms with Crippen molar-refractivity contribution in [1.29, 1.82) is 5.26 Å². The number of nitriles is 1. The molecule has 1 amide bonds. The van der Waals surface area contributed by atoms with Gasteiger partial charge < -0.3 is 9.80 Å². The molecule has 9 nitrogen and oxygen atoms in total.